The molecule has 4 aromatic rings. The van der Waals surface area contributed by atoms with Crippen molar-refractivity contribution in [3.05, 3.63) is 64.8 Å². The van der Waals surface area contributed by atoms with Crippen molar-refractivity contribution >= 4 is 31.8 Å². The number of aromatic nitrogens is 3. The number of non-ortho nitro benzene ring substituents is 1. The number of hydrogen-bond acceptors (Lipinski definition) is 8. The van der Waals surface area contributed by atoms with Gasteiger partial charge in [0.1, 0.15) is 11.5 Å². The number of fused-ring (bicyclic) bond motifs is 1. The fourth-order valence-electron chi connectivity index (χ4n) is 2.54. The van der Waals surface area contributed by atoms with Gasteiger partial charge in [0.15, 0.2) is 0 Å². The van der Waals surface area contributed by atoms with Crippen LogP contribution >= 0.6 is 11.3 Å². The Morgan fingerprint density at radius 2 is 1.72 bits per heavy atom. The lowest BCUT2D eigenvalue weighted by molar-refractivity contribution is -0.384. The highest BCUT2D eigenvalue weighted by atomic mass is 32.2. The molecule has 0 amide bonds. The van der Waals surface area contributed by atoms with Gasteiger partial charge in [-0.15, -0.1) is 5.10 Å². The van der Waals surface area contributed by atoms with Crippen molar-refractivity contribution in [3.63, 3.8) is 0 Å². The summed E-state index contributed by atoms with van der Waals surface area (Å²) in [6.07, 6.45) is 1.67. The zero-order chi connectivity index (χ0) is 20.6. The first-order chi connectivity index (χ1) is 13.9. The standard InChI is InChI=1S/C18H14N4O5S2/c1-2-29(25,26)18-20-21-11-16(19-17(21)28-18)12-3-7-14(8-4-12)27-15-9-5-13(6-10-15)22(23)24/h3-11H,2H2,1H3. The number of nitro groups is 1. The summed E-state index contributed by atoms with van der Waals surface area (Å²) in [7, 11) is -3.36. The maximum absolute atomic E-state index is 11.9. The van der Waals surface area contributed by atoms with Crippen LogP contribution in [-0.4, -0.2) is 33.7 Å². The van der Waals surface area contributed by atoms with Gasteiger partial charge in [-0.25, -0.2) is 17.9 Å². The minimum Gasteiger partial charge on any atom is -0.457 e. The normalized spacial score (nSPS) is 11.6. The number of benzene rings is 2. The second-order valence-corrected chi connectivity index (χ2v) is 9.41. The van der Waals surface area contributed by atoms with Gasteiger partial charge in [0.05, 0.1) is 22.6 Å². The van der Waals surface area contributed by atoms with Gasteiger partial charge in [-0.05, 0) is 36.4 Å². The zero-order valence-electron chi connectivity index (χ0n) is 15.0. The van der Waals surface area contributed by atoms with Crippen LogP contribution in [0.1, 0.15) is 6.92 Å². The molecule has 0 N–H and O–H groups in total. The first-order valence-corrected chi connectivity index (χ1v) is 10.9. The average molecular weight is 430 g/mol. The molecule has 0 aliphatic heterocycles. The van der Waals surface area contributed by atoms with Crippen LogP contribution in [0.2, 0.25) is 0 Å². The van der Waals surface area contributed by atoms with Gasteiger partial charge in [0.2, 0.25) is 19.1 Å². The highest BCUT2D eigenvalue weighted by Crippen LogP contribution is 2.28. The van der Waals surface area contributed by atoms with Crippen molar-refractivity contribution in [2.24, 2.45) is 0 Å². The maximum Gasteiger partial charge on any atom is 0.269 e. The van der Waals surface area contributed by atoms with Crippen molar-refractivity contribution in [3.8, 4) is 22.8 Å². The molecule has 0 aliphatic rings. The van der Waals surface area contributed by atoms with Crippen molar-refractivity contribution in [1.29, 1.82) is 0 Å². The highest BCUT2D eigenvalue weighted by Gasteiger charge is 2.19. The molecular weight excluding hydrogens is 416 g/mol. The van der Waals surface area contributed by atoms with E-state index in [9.17, 15) is 18.5 Å². The second kappa shape index (κ2) is 7.26. The molecule has 29 heavy (non-hydrogen) atoms. The predicted molar refractivity (Wildman–Crippen MR) is 107 cm³/mol. The summed E-state index contributed by atoms with van der Waals surface area (Å²) in [4.78, 5) is 15.2. The number of nitrogens with zero attached hydrogens (tertiary/aromatic N) is 4. The van der Waals surface area contributed by atoms with E-state index in [0.29, 0.717) is 22.2 Å². The molecule has 0 bridgehead atoms. The fourth-order valence-corrected chi connectivity index (χ4v) is 4.70. The van der Waals surface area contributed by atoms with E-state index in [-0.39, 0.29) is 15.8 Å². The van der Waals surface area contributed by atoms with Crippen LogP contribution in [0.5, 0.6) is 11.5 Å². The molecule has 0 fully saturated rings. The lowest BCUT2D eigenvalue weighted by Gasteiger charge is -2.06. The molecule has 0 saturated carbocycles. The SMILES string of the molecule is CCS(=O)(=O)c1nn2cc(-c3ccc(Oc4ccc([N+](=O)[O-])cc4)cc3)nc2s1. The van der Waals surface area contributed by atoms with Crippen LogP contribution in [0.3, 0.4) is 0 Å². The van der Waals surface area contributed by atoms with Gasteiger partial charge < -0.3 is 4.74 Å². The molecule has 0 spiro atoms. The molecule has 9 nitrogen and oxygen atoms in total. The quantitative estimate of drug-likeness (QED) is 0.336. The van der Waals surface area contributed by atoms with E-state index in [4.69, 9.17) is 4.74 Å². The van der Waals surface area contributed by atoms with Crippen LogP contribution in [0.4, 0.5) is 5.69 Å². The first kappa shape index (κ1) is 19.0. The van der Waals surface area contributed by atoms with Crippen LogP contribution in [-0.2, 0) is 9.84 Å². The molecule has 4 rings (SSSR count). The maximum atomic E-state index is 11.9. The predicted octanol–water partition coefficient (Wildman–Crippen LogP) is 3.95. The zero-order valence-corrected chi connectivity index (χ0v) is 16.7. The average Bonchev–Trinajstić information content (AvgIpc) is 3.29. The Kier molecular flexibility index (Phi) is 4.76. The van der Waals surface area contributed by atoms with E-state index in [1.54, 1.807) is 25.3 Å². The topological polar surface area (TPSA) is 117 Å². The summed E-state index contributed by atoms with van der Waals surface area (Å²) in [6.45, 7) is 1.57. The molecule has 0 unspecified atom stereocenters. The number of sulfone groups is 1. The molecule has 0 aliphatic carbocycles. The monoisotopic (exact) mass is 430 g/mol. The summed E-state index contributed by atoms with van der Waals surface area (Å²) in [6, 6.07) is 13.0. The van der Waals surface area contributed by atoms with Gasteiger partial charge in [0.25, 0.3) is 5.69 Å². The molecule has 0 radical (unpaired) electrons. The fraction of sp³-hybridized carbons (Fsp3) is 0.111. The third-order valence-electron chi connectivity index (χ3n) is 4.10. The molecule has 2 heterocycles. The van der Waals surface area contributed by atoms with Gasteiger partial charge in [0, 0.05) is 17.7 Å². The Morgan fingerprint density at radius 3 is 2.28 bits per heavy atom. The molecule has 2 aromatic heterocycles. The third-order valence-corrected chi connectivity index (χ3v) is 7.21. The van der Waals surface area contributed by atoms with Crippen LogP contribution in [0, 0.1) is 10.1 Å². The molecule has 0 saturated heterocycles. The lowest BCUT2D eigenvalue weighted by atomic mass is 10.1. The number of hydrogen-bond donors (Lipinski definition) is 0. The second-order valence-electron chi connectivity index (χ2n) is 6.00. The number of nitro benzene ring substituents is 1. The minimum atomic E-state index is -3.36. The lowest BCUT2D eigenvalue weighted by Crippen LogP contribution is -2.03. The van der Waals surface area contributed by atoms with Gasteiger partial charge in [-0.3, -0.25) is 10.1 Å². The van der Waals surface area contributed by atoms with Crippen LogP contribution < -0.4 is 4.74 Å². The van der Waals surface area contributed by atoms with Crippen molar-refractivity contribution in [2.75, 3.05) is 5.75 Å². The first-order valence-electron chi connectivity index (χ1n) is 8.47. The molecular formula is C18H14N4O5S2. The van der Waals surface area contributed by atoms with Crippen molar-refractivity contribution < 1.29 is 18.1 Å². The molecule has 148 valence electrons. The summed E-state index contributed by atoms with van der Waals surface area (Å²) < 4.78 is 31.1. The Labute approximate surface area is 169 Å². The van der Waals surface area contributed by atoms with E-state index < -0.39 is 14.8 Å². The van der Waals surface area contributed by atoms with E-state index in [2.05, 4.69) is 10.1 Å². The summed E-state index contributed by atoms with van der Waals surface area (Å²) in [5.41, 5.74) is 1.47. The van der Waals surface area contributed by atoms with E-state index in [1.165, 1.54) is 28.8 Å². The number of rotatable bonds is 6. The molecule has 2 aromatic carbocycles. The molecule has 0 atom stereocenters. The Morgan fingerprint density at radius 1 is 1.10 bits per heavy atom. The van der Waals surface area contributed by atoms with Crippen LogP contribution in [0.15, 0.2) is 59.1 Å². The van der Waals surface area contributed by atoms with E-state index >= 15 is 0 Å². The summed E-state index contributed by atoms with van der Waals surface area (Å²) in [5.74, 6) is 1.05. The van der Waals surface area contributed by atoms with E-state index in [0.717, 1.165) is 16.9 Å². The van der Waals surface area contributed by atoms with E-state index in [1.807, 2.05) is 12.1 Å². The highest BCUT2D eigenvalue weighted by molar-refractivity contribution is 7.93. The Hall–Kier alpha value is -3.31. The van der Waals surface area contributed by atoms with Crippen molar-refractivity contribution in [1.82, 2.24) is 14.6 Å². The smallest absolute Gasteiger partial charge is 0.269 e. The number of imidazole rings is 1. The Bertz CT molecular complexity index is 1260. The van der Waals surface area contributed by atoms with Crippen molar-refractivity contribution in [2.45, 2.75) is 11.3 Å². The third kappa shape index (κ3) is 3.82. The van der Waals surface area contributed by atoms with Gasteiger partial charge >= 0.3 is 0 Å². The van der Waals surface area contributed by atoms with Crippen LogP contribution in [0.25, 0.3) is 16.2 Å². The summed E-state index contributed by atoms with van der Waals surface area (Å²) >= 11 is 1.03. The molecule has 11 heteroatoms. The number of ether oxygens (including phenoxy) is 1. The Balaban J connectivity index is 1.53. The van der Waals surface area contributed by atoms with Gasteiger partial charge in [-0.1, -0.05) is 18.3 Å². The minimum absolute atomic E-state index is 0.00375. The summed E-state index contributed by atoms with van der Waals surface area (Å²) in [5, 5.41) is 14.8. The van der Waals surface area contributed by atoms with Gasteiger partial charge in [-0.2, -0.15) is 0 Å². The largest absolute Gasteiger partial charge is 0.457 e.